The van der Waals surface area contributed by atoms with Crippen LogP contribution in [0.3, 0.4) is 0 Å². The monoisotopic (exact) mass is 300 g/mol. The number of hydrogen-bond acceptors (Lipinski definition) is 3. The van der Waals surface area contributed by atoms with E-state index in [-0.39, 0.29) is 5.91 Å². The Morgan fingerprint density at radius 2 is 2.10 bits per heavy atom. The summed E-state index contributed by atoms with van der Waals surface area (Å²) in [7, 11) is 1.67. The molecule has 0 radical (unpaired) electrons. The molecule has 1 aromatic carbocycles. The molecule has 1 heterocycles. The highest BCUT2D eigenvalue weighted by Gasteiger charge is 2.20. The Morgan fingerprint density at radius 1 is 1.29 bits per heavy atom. The van der Waals surface area contributed by atoms with Crippen molar-refractivity contribution in [3.63, 3.8) is 0 Å². The first-order valence-corrected chi connectivity index (χ1v) is 8.26. The van der Waals surface area contributed by atoms with Crippen LogP contribution in [0.25, 0.3) is 0 Å². The minimum absolute atomic E-state index is 0.0471. The maximum Gasteiger partial charge on any atom is 0.224 e. The first-order valence-electron chi connectivity index (χ1n) is 7.38. The molecule has 2 N–H and O–H groups in total. The molecule has 110 valence electrons. The number of carbonyl (C=O) groups excluding carboxylic acids is 1. The van der Waals surface area contributed by atoms with Crippen molar-refractivity contribution in [2.75, 3.05) is 12.4 Å². The summed E-state index contributed by atoms with van der Waals surface area (Å²) in [6.45, 7) is 0. The number of fused-ring (bicyclic) bond motifs is 1. The van der Waals surface area contributed by atoms with Gasteiger partial charge in [-0.05, 0) is 54.0 Å². The van der Waals surface area contributed by atoms with Gasteiger partial charge in [0.2, 0.25) is 5.91 Å². The molecule has 1 unspecified atom stereocenters. The topological polar surface area (TPSA) is 41.1 Å². The number of carbonyl (C=O) groups is 1. The van der Waals surface area contributed by atoms with Crippen LogP contribution in [-0.2, 0) is 17.6 Å². The predicted molar refractivity (Wildman–Crippen MR) is 87.8 cm³/mol. The third-order valence-electron chi connectivity index (χ3n) is 3.99. The van der Waals surface area contributed by atoms with Gasteiger partial charge in [0.05, 0.1) is 12.5 Å². The standard InChI is InChI=1S/C17H20N2OS/c1-18-17(20)11-12-5-7-13(8-6-12)19-15-3-2-4-16-14(15)9-10-21-16/h5-10,15,19H,2-4,11H2,1H3,(H,18,20). The fraction of sp³-hybridized carbons (Fsp3) is 0.353. The summed E-state index contributed by atoms with van der Waals surface area (Å²) in [6.07, 6.45) is 4.09. The molecule has 0 saturated heterocycles. The lowest BCUT2D eigenvalue weighted by Crippen LogP contribution is -2.20. The van der Waals surface area contributed by atoms with Crippen molar-refractivity contribution >= 4 is 22.9 Å². The SMILES string of the molecule is CNC(=O)Cc1ccc(NC2CCCc3sccc32)cc1. The number of benzene rings is 1. The van der Waals surface area contributed by atoms with E-state index in [1.165, 1.54) is 29.7 Å². The highest BCUT2D eigenvalue weighted by atomic mass is 32.1. The largest absolute Gasteiger partial charge is 0.378 e. The number of anilines is 1. The molecule has 4 heteroatoms. The molecule has 1 amide bonds. The maximum atomic E-state index is 11.4. The van der Waals surface area contributed by atoms with Crippen molar-refractivity contribution in [3.05, 3.63) is 51.7 Å². The van der Waals surface area contributed by atoms with E-state index in [0.717, 1.165) is 11.3 Å². The van der Waals surface area contributed by atoms with Crippen molar-refractivity contribution in [2.45, 2.75) is 31.7 Å². The Balaban J connectivity index is 1.68. The highest BCUT2D eigenvalue weighted by molar-refractivity contribution is 7.10. The van der Waals surface area contributed by atoms with Gasteiger partial charge >= 0.3 is 0 Å². The summed E-state index contributed by atoms with van der Waals surface area (Å²) in [5, 5.41) is 8.46. The summed E-state index contributed by atoms with van der Waals surface area (Å²) in [5.74, 6) is 0.0471. The Hall–Kier alpha value is -1.81. The number of hydrogen-bond donors (Lipinski definition) is 2. The van der Waals surface area contributed by atoms with Crippen molar-refractivity contribution in [2.24, 2.45) is 0 Å². The number of thiophene rings is 1. The lowest BCUT2D eigenvalue weighted by atomic mass is 9.94. The molecule has 0 aliphatic heterocycles. The van der Waals surface area contributed by atoms with Crippen molar-refractivity contribution in [1.82, 2.24) is 5.32 Å². The van der Waals surface area contributed by atoms with Gasteiger partial charge in [-0.15, -0.1) is 11.3 Å². The third kappa shape index (κ3) is 3.27. The second-order valence-corrected chi connectivity index (χ2v) is 6.44. The zero-order chi connectivity index (χ0) is 14.7. The van der Waals surface area contributed by atoms with E-state index in [9.17, 15) is 4.79 Å². The van der Waals surface area contributed by atoms with Crippen LogP contribution in [0.15, 0.2) is 35.7 Å². The normalized spacial score (nSPS) is 17.1. The molecule has 0 bridgehead atoms. The lowest BCUT2D eigenvalue weighted by Gasteiger charge is -2.24. The Bertz CT molecular complexity index is 618. The molecule has 0 saturated carbocycles. The third-order valence-corrected chi connectivity index (χ3v) is 4.99. The molecule has 0 fully saturated rings. The number of nitrogens with one attached hydrogen (secondary N) is 2. The smallest absolute Gasteiger partial charge is 0.224 e. The van der Waals surface area contributed by atoms with Gasteiger partial charge in [0.1, 0.15) is 0 Å². The molecular formula is C17H20N2OS. The average molecular weight is 300 g/mol. The van der Waals surface area contributed by atoms with Gasteiger partial charge < -0.3 is 10.6 Å². The molecular weight excluding hydrogens is 280 g/mol. The van der Waals surface area contributed by atoms with Crippen LogP contribution >= 0.6 is 11.3 Å². The predicted octanol–water partition coefficient (Wildman–Crippen LogP) is 3.53. The number of amides is 1. The van der Waals surface area contributed by atoms with Crippen LogP contribution in [0.1, 0.15) is 34.9 Å². The fourth-order valence-electron chi connectivity index (χ4n) is 2.83. The van der Waals surface area contributed by atoms with E-state index in [1.54, 1.807) is 7.05 Å². The quantitative estimate of drug-likeness (QED) is 0.907. The Labute approximate surface area is 129 Å². The zero-order valence-electron chi connectivity index (χ0n) is 12.2. The van der Waals surface area contributed by atoms with E-state index >= 15 is 0 Å². The summed E-state index contributed by atoms with van der Waals surface area (Å²) >= 11 is 1.87. The van der Waals surface area contributed by atoms with Gasteiger partial charge in [0.15, 0.2) is 0 Å². The molecule has 0 spiro atoms. The zero-order valence-corrected chi connectivity index (χ0v) is 13.0. The molecule has 1 aromatic heterocycles. The minimum Gasteiger partial charge on any atom is -0.378 e. The summed E-state index contributed by atoms with van der Waals surface area (Å²) < 4.78 is 0. The Morgan fingerprint density at radius 3 is 2.86 bits per heavy atom. The molecule has 21 heavy (non-hydrogen) atoms. The first-order chi connectivity index (χ1) is 10.3. The van der Waals surface area contributed by atoms with Crippen molar-refractivity contribution in [3.8, 4) is 0 Å². The molecule has 2 aromatic rings. The van der Waals surface area contributed by atoms with Crippen LogP contribution in [0.2, 0.25) is 0 Å². The summed E-state index contributed by atoms with van der Waals surface area (Å²) in [5.41, 5.74) is 3.63. The van der Waals surface area contributed by atoms with Gasteiger partial charge in [0.25, 0.3) is 0 Å². The van der Waals surface area contributed by atoms with Gasteiger partial charge in [-0.3, -0.25) is 4.79 Å². The molecule has 3 nitrogen and oxygen atoms in total. The van der Waals surface area contributed by atoms with E-state index in [2.05, 4.69) is 34.2 Å². The van der Waals surface area contributed by atoms with Crippen molar-refractivity contribution in [1.29, 1.82) is 0 Å². The minimum atomic E-state index is 0.0471. The van der Waals surface area contributed by atoms with Crippen LogP contribution in [0.4, 0.5) is 5.69 Å². The van der Waals surface area contributed by atoms with Gasteiger partial charge in [0, 0.05) is 17.6 Å². The first kappa shape index (κ1) is 14.1. The summed E-state index contributed by atoms with van der Waals surface area (Å²) in [4.78, 5) is 12.9. The highest BCUT2D eigenvalue weighted by Crippen LogP contribution is 2.35. The summed E-state index contributed by atoms with van der Waals surface area (Å²) in [6, 6.07) is 10.9. The van der Waals surface area contributed by atoms with E-state index in [1.807, 2.05) is 23.5 Å². The van der Waals surface area contributed by atoms with E-state index in [0.29, 0.717) is 12.5 Å². The van der Waals surface area contributed by atoms with Gasteiger partial charge in [-0.1, -0.05) is 12.1 Å². The molecule has 3 rings (SSSR count). The molecule has 1 atom stereocenters. The van der Waals surface area contributed by atoms with Crippen LogP contribution in [-0.4, -0.2) is 13.0 Å². The maximum absolute atomic E-state index is 11.4. The average Bonchev–Trinajstić information content (AvgIpc) is 2.99. The van der Waals surface area contributed by atoms with Crippen LogP contribution in [0, 0.1) is 0 Å². The fourth-order valence-corrected chi connectivity index (χ4v) is 3.82. The van der Waals surface area contributed by atoms with Crippen molar-refractivity contribution < 1.29 is 4.79 Å². The van der Waals surface area contributed by atoms with E-state index in [4.69, 9.17) is 0 Å². The number of aryl methyl sites for hydroxylation is 1. The second-order valence-electron chi connectivity index (χ2n) is 5.44. The molecule has 1 aliphatic carbocycles. The van der Waals surface area contributed by atoms with Crippen LogP contribution in [0.5, 0.6) is 0 Å². The Kier molecular flexibility index (Phi) is 4.25. The van der Waals surface area contributed by atoms with Gasteiger partial charge in [-0.25, -0.2) is 0 Å². The van der Waals surface area contributed by atoms with Gasteiger partial charge in [-0.2, -0.15) is 0 Å². The second kappa shape index (κ2) is 6.31. The van der Waals surface area contributed by atoms with Crippen LogP contribution < -0.4 is 10.6 Å². The molecule has 1 aliphatic rings. The number of rotatable bonds is 4. The lowest BCUT2D eigenvalue weighted by molar-refractivity contribution is -0.119. The number of likely N-dealkylation sites (N-methyl/N-ethyl adjacent to an activating group) is 1. The van der Waals surface area contributed by atoms with E-state index < -0.39 is 0 Å².